The third-order valence-electron chi connectivity index (χ3n) is 5.72. The van der Waals surface area contributed by atoms with Crippen LogP contribution in [0.5, 0.6) is 0 Å². The number of anilines is 1. The van der Waals surface area contributed by atoms with Crippen molar-refractivity contribution in [2.75, 3.05) is 32.1 Å². The molecule has 2 unspecified atom stereocenters. The Hall–Kier alpha value is -2.70. The Bertz CT molecular complexity index is 957. The fraction of sp³-hybridized carbons (Fsp3) is 0.517. The number of ether oxygens (including phenoxy) is 1. The van der Waals surface area contributed by atoms with E-state index in [4.69, 9.17) is 9.15 Å². The molecule has 1 aliphatic heterocycles. The molecule has 2 aromatic rings. The Balaban J connectivity index is 0.00000210. The molecule has 0 aliphatic carbocycles. The third-order valence-corrected chi connectivity index (χ3v) is 5.72. The lowest BCUT2D eigenvalue weighted by Crippen LogP contribution is -2.31. The van der Waals surface area contributed by atoms with Gasteiger partial charge >= 0.3 is 0 Å². The van der Waals surface area contributed by atoms with Gasteiger partial charge in [-0.3, -0.25) is 0 Å². The number of hydrogen-bond donors (Lipinski definition) is 0. The van der Waals surface area contributed by atoms with Crippen molar-refractivity contribution < 1.29 is 9.15 Å². The van der Waals surface area contributed by atoms with E-state index in [-0.39, 0.29) is 12.2 Å². The largest absolute Gasteiger partial charge is 0.417 e. The number of hydrogen-bond acceptors (Lipinski definition) is 6. The van der Waals surface area contributed by atoms with E-state index in [0.29, 0.717) is 17.8 Å². The van der Waals surface area contributed by atoms with Gasteiger partial charge < -0.3 is 19.0 Å². The van der Waals surface area contributed by atoms with Crippen LogP contribution < -0.4 is 4.90 Å². The SMILES string of the molecule is CC.CC/C=C(\C=C/C(C)OC(C)C)/C=C/c1nnc(-c2ccc(N3CCC(N(C)C)C3)cc2)o1. The van der Waals surface area contributed by atoms with Crippen molar-refractivity contribution in [3.05, 3.63) is 60.0 Å². The van der Waals surface area contributed by atoms with Gasteiger partial charge in [-0.05, 0) is 83.6 Å². The highest BCUT2D eigenvalue weighted by molar-refractivity contribution is 5.60. The fourth-order valence-corrected chi connectivity index (χ4v) is 3.95. The van der Waals surface area contributed by atoms with E-state index in [1.165, 1.54) is 12.1 Å². The zero-order chi connectivity index (χ0) is 25.8. The summed E-state index contributed by atoms with van der Waals surface area (Å²) >= 11 is 0. The average molecular weight is 481 g/mol. The summed E-state index contributed by atoms with van der Waals surface area (Å²) in [6, 6.07) is 9.00. The summed E-state index contributed by atoms with van der Waals surface area (Å²) in [5.41, 5.74) is 3.25. The molecule has 3 rings (SSSR count). The molecule has 0 bridgehead atoms. The number of rotatable bonds is 10. The van der Waals surface area contributed by atoms with E-state index in [2.05, 4.69) is 83.5 Å². The molecule has 0 N–H and O–H groups in total. The summed E-state index contributed by atoms with van der Waals surface area (Å²) in [5.74, 6) is 1.02. The molecular formula is C29H44N4O2. The smallest absolute Gasteiger partial charge is 0.248 e. The van der Waals surface area contributed by atoms with Crippen LogP contribution in [0.3, 0.4) is 0 Å². The van der Waals surface area contributed by atoms with E-state index in [9.17, 15) is 0 Å². The van der Waals surface area contributed by atoms with Crippen LogP contribution in [0.25, 0.3) is 17.5 Å². The molecule has 0 saturated carbocycles. The molecule has 2 heterocycles. The first-order valence-corrected chi connectivity index (χ1v) is 12.9. The Morgan fingerprint density at radius 2 is 1.86 bits per heavy atom. The Labute approximate surface area is 212 Å². The third kappa shape index (κ3) is 9.11. The van der Waals surface area contributed by atoms with Gasteiger partial charge in [-0.15, -0.1) is 10.2 Å². The molecule has 1 fully saturated rings. The lowest BCUT2D eigenvalue weighted by atomic mass is 10.1. The first-order chi connectivity index (χ1) is 16.9. The van der Waals surface area contributed by atoms with Crippen LogP contribution >= 0.6 is 0 Å². The number of allylic oxidation sites excluding steroid dienone is 4. The summed E-state index contributed by atoms with van der Waals surface area (Å²) in [7, 11) is 4.30. The minimum atomic E-state index is 0.0611. The highest BCUT2D eigenvalue weighted by Crippen LogP contribution is 2.26. The minimum absolute atomic E-state index is 0.0611. The average Bonchev–Trinajstić information content (AvgIpc) is 3.52. The van der Waals surface area contributed by atoms with Crippen LogP contribution in [0.4, 0.5) is 5.69 Å². The Morgan fingerprint density at radius 3 is 2.46 bits per heavy atom. The standard InChI is InChI=1S/C27H38N4O2.C2H6/c1-7-8-22(10-9-21(4)32-20(2)3)11-16-26-28-29-27(33-26)23-12-14-24(15-13-23)31-18-17-25(19-31)30(5)6;1-2/h8-16,20-21,25H,7,17-19H2,1-6H3;1-2H3/b10-9-,16-11+,22-8+;. The number of nitrogens with zero attached hydrogens (tertiary/aromatic N) is 4. The van der Waals surface area contributed by atoms with Crippen molar-refractivity contribution in [1.29, 1.82) is 0 Å². The highest BCUT2D eigenvalue weighted by atomic mass is 16.5. The molecule has 0 radical (unpaired) electrons. The Kier molecular flexibility index (Phi) is 11.9. The maximum absolute atomic E-state index is 5.89. The van der Waals surface area contributed by atoms with Gasteiger partial charge in [0, 0.05) is 36.5 Å². The van der Waals surface area contributed by atoms with Crippen LogP contribution in [0.15, 0.2) is 58.6 Å². The van der Waals surface area contributed by atoms with Crippen molar-refractivity contribution in [3.8, 4) is 11.5 Å². The predicted molar refractivity (Wildman–Crippen MR) is 148 cm³/mol. The van der Waals surface area contributed by atoms with Crippen LogP contribution in [0.1, 0.15) is 60.3 Å². The molecule has 1 aliphatic rings. The number of benzene rings is 1. The van der Waals surface area contributed by atoms with Crippen LogP contribution in [-0.4, -0.2) is 60.5 Å². The van der Waals surface area contributed by atoms with Gasteiger partial charge in [0.25, 0.3) is 0 Å². The summed E-state index contributed by atoms with van der Waals surface area (Å²) < 4.78 is 11.7. The monoisotopic (exact) mass is 480 g/mol. The number of aromatic nitrogens is 2. The molecular weight excluding hydrogens is 436 g/mol. The van der Waals surface area contributed by atoms with Crippen molar-refractivity contribution >= 4 is 11.8 Å². The van der Waals surface area contributed by atoms with Crippen molar-refractivity contribution in [1.82, 2.24) is 15.1 Å². The molecule has 1 aromatic carbocycles. The second-order valence-corrected chi connectivity index (χ2v) is 9.04. The number of likely N-dealkylation sites (N-methyl/N-ethyl adjacent to an activating group) is 1. The van der Waals surface area contributed by atoms with Gasteiger partial charge in [0.05, 0.1) is 12.2 Å². The molecule has 35 heavy (non-hydrogen) atoms. The normalized spacial score (nSPS) is 17.6. The quantitative estimate of drug-likeness (QED) is 0.356. The van der Waals surface area contributed by atoms with Crippen LogP contribution in [0.2, 0.25) is 0 Å². The lowest BCUT2D eigenvalue weighted by Gasteiger charge is -2.21. The summed E-state index contributed by atoms with van der Waals surface area (Å²) in [6.07, 6.45) is 12.5. The fourth-order valence-electron chi connectivity index (χ4n) is 3.95. The summed E-state index contributed by atoms with van der Waals surface area (Å²) in [5, 5.41) is 8.43. The van der Waals surface area contributed by atoms with Crippen molar-refractivity contribution in [3.63, 3.8) is 0 Å². The predicted octanol–water partition coefficient (Wildman–Crippen LogP) is 6.62. The summed E-state index contributed by atoms with van der Waals surface area (Å²) in [4.78, 5) is 4.73. The van der Waals surface area contributed by atoms with Gasteiger partial charge in [0.1, 0.15) is 0 Å². The zero-order valence-electron chi connectivity index (χ0n) is 22.9. The van der Waals surface area contributed by atoms with Gasteiger partial charge in [-0.2, -0.15) is 0 Å². The van der Waals surface area contributed by atoms with E-state index < -0.39 is 0 Å². The maximum atomic E-state index is 5.89. The zero-order valence-corrected chi connectivity index (χ0v) is 22.9. The molecule has 1 aromatic heterocycles. The molecule has 6 nitrogen and oxygen atoms in total. The molecule has 1 saturated heterocycles. The van der Waals surface area contributed by atoms with Gasteiger partial charge in [0.2, 0.25) is 11.8 Å². The van der Waals surface area contributed by atoms with Crippen molar-refractivity contribution in [2.24, 2.45) is 0 Å². The first-order valence-electron chi connectivity index (χ1n) is 12.9. The van der Waals surface area contributed by atoms with E-state index in [1.807, 2.05) is 46.8 Å². The Morgan fingerprint density at radius 1 is 1.14 bits per heavy atom. The summed E-state index contributed by atoms with van der Waals surface area (Å²) in [6.45, 7) is 14.4. The van der Waals surface area contributed by atoms with Gasteiger partial charge in [0.15, 0.2) is 0 Å². The molecule has 192 valence electrons. The topological polar surface area (TPSA) is 54.6 Å². The van der Waals surface area contributed by atoms with E-state index in [0.717, 1.165) is 30.6 Å². The van der Waals surface area contributed by atoms with E-state index >= 15 is 0 Å². The molecule has 0 spiro atoms. The maximum Gasteiger partial charge on any atom is 0.248 e. The second-order valence-electron chi connectivity index (χ2n) is 9.04. The van der Waals surface area contributed by atoms with Crippen molar-refractivity contribution in [2.45, 2.75) is 72.6 Å². The lowest BCUT2D eigenvalue weighted by molar-refractivity contribution is 0.0461. The van der Waals surface area contributed by atoms with Gasteiger partial charge in [-0.1, -0.05) is 39.0 Å². The molecule has 0 amide bonds. The minimum Gasteiger partial charge on any atom is -0.417 e. The molecule has 2 atom stereocenters. The van der Waals surface area contributed by atoms with Gasteiger partial charge in [-0.25, -0.2) is 0 Å². The molecule has 6 heteroatoms. The highest BCUT2D eigenvalue weighted by Gasteiger charge is 2.24. The second kappa shape index (κ2) is 14.6. The first kappa shape index (κ1) is 28.5. The van der Waals surface area contributed by atoms with Crippen LogP contribution in [0, 0.1) is 0 Å². The van der Waals surface area contributed by atoms with Crippen LogP contribution in [-0.2, 0) is 4.74 Å². The van der Waals surface area contributed by atoms with E-state index in [1.54, 1.807) is 0 Å².